The van der Waals surface area contributed by atoms with Crippen molar-refractivity contribution < 1.29 is 0 Å². The van der Waals surface area contributed by atoms with Gasteiger partial charge in [-0.3, -0.25) is 0 Å². The first-order valence-corrected chi connectivity index (χ1v) is 5.47. The first-order chi connectivity index (χ1) is 7.72. The summed E-state index contributed by atoms with van der Waals surface area (Å²) in [5, 5.41) is 0. The number of fused-ring (bicyclic) bond motifs is 1. The molecule has 0 amide bonds. The van der Waals surface area contributed by atoms with Crippen molar-refractivity contribution in [2.45, 2.75) is 20.8 Å². The number of pyridine rings is 1. The first kappa shape index (κ1) is 10.7. The van der Waals surface area contributed by atoms with Gasteiger partial charge in [-0.25, -0.2) is 4.98 Å². The Morgan fingerprint density at radius 3 is 2.88 bits per heavy atom. The molecule has 0 unspecified atom stereocenters. The molecule has 82 valence electrons. The molecule has 0 aliphatic heterocycles. The quantitative estimate of drug-likeness (QED) is 0.695. The van der Waals surface area contributed by atoms with E-state index in [0.717, 1.165) is 11.3 Å². The van der Waals surface area contributed by atoms with Crippen LogP contribution in [0.25, 0.3) is 11.2 Å². The van der Waals surface area contributed by atoms with Gasteiger partial charge in [0.2, 0.25) is 0 Å². The third kappa shape index (κ3) is 1.91. The molecule has 0 aliphatic rings. The maximum Gasteiger partial charge on any atom is 0.137 e. The lowest BCUT2D eigenvalue weighted by Crippen LogP contribution is -1.86. The molecule has 0 radical (unpaired) electrons. The minimum Gasteiger partial charge on any atom is -0.304 e. The molecule has 0 saturated carbocycles. The zero-order valence-corrected chi connectivity index (χ0v) is 9.94. The molecule has 0 aliphatic carbocycles. The summed E-state index contributed by atoms with van der Waals surface area (Å²) in [7, 11) is 0. The maximum absolute atomic E-state index is 4.59. The lowest BCUT2D eigenvalue weighted by molar-refractivity contribution is 1.09. The minimum absolute atomic E-state index is 1.00. The number of hydrogen-bond donors (Lipinski definition) is 0. The van der Waals surface area contributed by atoms with Gasteiger partial charge in [-0.2, -0.15) is 0 Å². The van der Waals surface area contributed by atoms with Crippen molar-refractivity contribution in [3.05, 3.63) is 54.0 Å². The normalized spacial score (nSPS) is 12.8. The Morgan fingerprint density at radius 1 is 1.38 bits per heavy atom. The van der Waals surface area contributed by atoms with Crippen LogP contribution in [0.1, 0.15) is 25.2 Å². The summed E-state index contributed by atoms with van der Waals surface area (Å²) >= 11 is 0. The van der Waals surface area contributed by atoms with Crippen LogP contribution in [0.15, 0.2) is 42.6 Å². The molecule has 2 aromatic heterocycles. The number of aryl methyl sites for hydroxylation is 1. The standard InChI is InChI=1S/C14H16N2/c1-4-5-7-11(2)13-10-16-12(3)8-6-9-14(16)15-13/h4-10H,1-3H3/b5-4-,11-7+. The summed E-state index contributed by atoms with van der Waals surface area (Å²) in [6.45, 7) is 6.18. The van der Waals surface area contributed by atoms with Gasteiger partial charge < -0.3 is 4.40 Å². The van der Waals surface area contributed by atoms with Gasteiger partial charge in [-0.05, 0) is 38.5 Å². The van der Waals surface area contributed by atoms with Crippen LogP contribution in [-0.4, -0.2) is 9.38 Å². The van der Waals surface area contributed by atoms with Crippen LogP contribution in [0, 0.1) is 6.92 Å². The highest BCUT2D eigenvalue weighted by atomic mass is 15.0. The Balaban J connectivity index is 2.51. The molecule has 0 fully saturated rings. The van der Waals surface area contributed by atoms with Gasteiger partial charge in [-0.1, -0.05) is 24.3 Å². The van der Waals surface area contributed by atoms with Crippen LogP contribution in [0.5, 0.6) is 0 Å². The van der Waals surface area contributed by atoms with E-state index in [1.165, 1.54) is 11.3 Å². The maximum atomic E-state index is 4.59. The topological polar surface area (TPSA) is 17.3 Å². The van der Waals surface area contributed by atoms with Crippen LogP contribution in [0.2, 0.25) is 0 Å². The Hall–Kier alpha value is -1.83. The fourth-order valence-corrected chi connectivity index (χ4v) is 1.66. The molecule has 2 nitrogen and oxygen atoms in total. The fourth-order valence-electron chi connectivity index (χ4n) is 1.66. The van der Waals surface area contributed by atoms with Gasteiger partial charge >= 0.3 is 0 Å². The van der Waals surface area contributed by atoms with Gasteiger partial charge in [0.25, 0.3) is 0 Å². The summed E-state index contributed by atoms with van der Waals surface area (Å²) in [5.41, 5.74) is 4.42. The Labute approximate surface area is 95.9 Å². The monoisotopic (exact) mass is 212 g/mol. The SMILES string of the molecule is C/C=C\C=C(/C)c1cn2c(C)cccc2n1. The van der Waals surface area contributed by atoms with Crippen LogP contribution < -0.4 is 0 Å². The first-order valence-electron chi connectivity index (χ1n) is 5.47. The van der Waals surface area contributed by atoms with E-state index < -0.39 is 0 Å². The number of hydrogen-bond acceptors (Lipinski definition) is 1. The van der Waals surface area contributed by atoms with Gasteiger partial charge in [0.1, 0.15) is 5.65 Å². The summed E-state index contributed by atoms with van der Waals surface area (Å²) < 4.78 is 2.11. The molecule has 0 bridgehead atoms. The number of aromatic nitrogens is 2. The molecule has 2 heterocycles. The van der Waals surface area contributed by atoms with E-state index >= 15 is 0 Å². The zero-order chi connectivity index (χ0) is 11.5. The molecule has 0 atom stereocenters. The van der Waals surface area contributed by atoms with Crippen molar-refractivity contribution in [2.75, 3.05) is 0 Å². The lowest BCUT2D eigenvalue weighted by atomic mass is 10.2. The fraction of sp³-hybridized carbons (Fsp3) is 0.214. The summed E-state index contributed by atoms with van der Waals surface area (Å²) in [6, 6.07) is 6.15. The van der Waals surface area contributed by atoms with E-state index in [2.05, 4.69) is 41.6 Å². The van der Waals surface area contributed by atoms with Crippen molar-refractivity contribution in [3.63, 3.8) is 0 Å². The molecule has 0 aromatic carbocycles. The largest absolute Gasteiger partial charge is 0.304 e. The number of rotatable bonds is 2. The zero-order valence-electron chi connectivity index (χ0n) is 9.94. The predicted octanol–water partition coefficient (Wildman–Crippen LogP) is 3.62. The molecule has 0 spiro atoms. The van der Waals surface area contributed by atoms with E-state index in [1.54, 1.807) is 0 Å². The van der Waals surface area contributed by atoms with Gasteiger partial charge in [0, 0.05) is 11.9 Å². The van der Waals surface area contributed by atoms with Crippen molar-refractivity contribution in [2.24, 2.45) is 0 Å². The number of imidazole rings is 1. The third-order valence-corrected chi connectivity index (χ3v) is 2.64. The molecule has 16 heavy (non-hydrogen) atoms. The molecule has 2 aromatic rings. The van der Waals surface area contributed by atoms with Crippen LogP contribution >= 0.6 is 0 Å². The lowest BCUT2D eigenvalue weighted by Gasteiger charge is -1.95. The van der Waals surface area contributed by atoms with Gasteiger partial charge in [0.05, 0.1) is 5.69 Å². The minimum atomic E-state index is 1.00. The predicted molar refractivity (Wildman–Crippen MR) is 68.4 cm³/mol. The Bertz CT molecular complexity index is 559. The number of allylic oxidation sites excluding steroid dienone is 4. The summed E-state index contributed by atoms with van der Waals surface area (Å²) in [5.74, 6) is 0. The third-order valence-electron chi connectivity index (χ3n) is 2.64. The Kier molecular flexibility index (Phi) is 2.91. The Morgan fingerprint density at radius 2 is 2.19 bits per heavy atom. The molecular weight excluding hydrogens is 196 g/mol. The van der Waals surface area contributed by atoms with Crippen molar-refractivity contribution in [3.8, 4) is 0 Å². The summed E-state index contributed by atoms with van der Waals surface area (Å²) in [4.78, 5) is 4.59. The van der Waals surface area contributed by atoms with Gasteiger partial charge in [-0.15, -0.1) is 0 Å². The highest BCUT2D eigenvalue weighted by Gasteiger charge is 2.03. The van der Waals surface area contributed by atoms with Crippen molar-refractivity contribution >= 4 is 11.2 Å². The average Bonchev–Trinajstić information content (AvgIpc) is 2.71. The second kappa shape index (κ2) is 4.35. The van der Waals surface area contributed by atoms with E-state index in [9.17, 15) is 0 Å². The van der Waals surface area contributed by atoms with E-state index in [1.807, 2.05) is 31.2 Å². The van der Waals surface area contributed by atoms with Crippen molar-refractivity contribution in [1.82, 2.24) is 9.38 Å². The summed E-state index contributed by atoms with van der Waals surface area (Å²) in [6.07, 6.45) is 8.22. The van der Waals surface area contributed by atoms with Crippen molar-refractivity contribution in [1.29, 1.82) is 0 Å². The van der Waals surface area contributed by atoms with E-state index in [0.29, 0.717) is 0 Å². The molecular formula is C14H16N2. The highest BCUT2D eigenvalue weighted by Crippen LogP contribution is 2.15. The van der Waals surface area contributed by atoms with E-state index in [-0.39, 0.29) is 0 Å². The number of nitrogens with zero attached hydrogens (tertiary/aromatic N) is 2. The molecule has 0 N–H and O–H groups in total. The second-order valence-corrected chi connectivity index (χ2v) is 3.90. The van der Waals surface area contributed by atoms with Crippen LogP contribution in [-0.2, 0) is 0 Å². The highest BCUT2D eigenvalue weighted by molar-refractivity contribution is 5.64. The molecule has 0 saturated heterocycles. The smallest absolute Gasteiger partial charge is 0.137 e. The van der Waals surface area contributed by atoms with Crippen LogP contribution in [0.4, 0.5) is 0 Å². The molecule has 2 rings (SSSR count). The van der Waals surface area contributed by atoms with Crippen LogP contribution in [0.3, 0.4) is 0 Å². The average molecular weight is 212 g/mol. The molecule has 2 heteroatoms. The second-order valence-electron chi connectivity index (χ2n) is 3.90. The van der Waals surface area contributed by atoms with Gasteiger partial charge in [0.15, 0.2) is 0 Å². The van der Waals surface area contributed by atoms with E-state index in [4.69, 9.17) is 0 Å².